The number of imidazole rings is 1. The molecule has 2 heterocycles. The van der Waals surface area contributed by atoms with Crippen molar-refractivity contribution >= 4 is 34.2 Å². The van der Waals surface area contributed by atoms with Crippen molar-refractivity contribution in [3.8, 4) is 0 Å². The summed E-state index contributed by atoms with van der Waals surface area (Å²) < 4.78 is 7.77. The molecule has 2 aromatic heterocycles. The number of aryl methyl sites for hydroxylation is 2. The number of alkyl halides is 1. The average Bonchev–Trinajstić information content (AvgIpc) is 3.01. The van der Waals surface area contributed by atoms with Crippen LogP contribution in [0.5, 0.6) is 0 Å². The molecule has 0 bridgehead atoms. The Labute approximate surface area is 132 Å². The van der Waals surface area contributed by atoms with Gasteiger partial charge in [0, 0.05) is 17.3 Å². The zero-order valence-corrected chi connectivity index (χ0v) is 13.3. The third-order valence-electron chi connectivity index (χ3n) is 3.43. The molecule has 0 saturated carbocycles. The molecule has 1 aromatic carbocycles. The molecule has 0 fully saturated rings. The quantitative estimate of drug-likeness (QED) is 0.669. The highest BCUT2D eigenvalue weighted by molar-refractivity contribution is 6.31. The number of hydrogen-bond donors (Lipinski definition) is 0. The van der Waals surface area contributed by atoms with Crippen molar-refractivity contribution in [3.63, 3.8) is 0 Å². The van der Waals surface area contributed by atoms with Crippen LogP contribution in [0.25, 0.3) is 11.0 Å². The first-order valence-electron chi connectivity index (χ1n) is 6.75. The van der Waals surface area contributed by atoms with Crippen LogP contribution in [-0.4, -0.2) is 20.4 Å². The Hall–Kier alpha value is -1.52. The van der Waals surface area contributed by atoms with E-state index in [1.165, 1.54) is 0 Å². The summed E-state index contributed by atoms with van der Waals surface area (Å²) in [5.74, 6) is 2.88. The van der Waals surface area contributed by atoms with Crippen LogP contribution in [0, 0.1) is 6.92 Å². The Morgan fingerprint density at radius 1 is 1.38 bits per heavy atom. The van der Waals surface area contributed by atoms with Gasteiger partial charge in [-0.1, -0.05) is 11.6 Å². The lowest BCUT2D eigenvalue weighted by Crippen LogP contribution is -2.11. The first-order chi connectivity index (χ1) is 10.1. The number of oxazole rings is 1. The van der Waals surface area contributed by atoms with E-state index in [4.69, 9.17) is 27.6 Å². The van der Waals surface area contributed by atoms with Gasteiger partial charge in [0.05, 0.1) is 17.2 Å². The van der Waals surface area contributed by atoms with Crippen LogP contribution in [0.1, 0.15) is 30.4 Å². The Kier molecular flexibility index (Phi) is 3.91. The molecule has 4 nitrogen and oxygen atoms in total. The van der Waals surface area contributed by atoms with Gasteiger partial charge in [-0.2, -0.15) is 0 Å². The molecule has 3 aromatic rings. The lowest BCUT2D eigenvalue weighted by Gasteiger charge is -2.14. The predicted octanol–water partition coefficient (Wildman–Crippen LogP) is 4.38. The smallest absolute Gasteiger partial charge is 0.217 e. The van der Waals surface area contributed by atoms with E-state index in [1.54, 1.807) is 6.20 Å². The minimum atomic E-state index is -0.0527. The average molecular weight is 324 g/mol. The Bertz CT molecular complexity index is 778. The van der Waals surface area contributed by atoms with Crippen LogP contribution in [0.2, 0.25) is 5.02 Å². The lowest BCUT2D eigenvalue weighted by atomic mass is 10.2. The standard InChI is InChI=1S/C15H15Cl2N3O/c1-9-8-18-15(21-9)10(2)20-13-4-3-11(17)7-12(13)19-14(20)5-6-16/h3-4,7-8,10H,5-6H2,1-2H3. The largest absolute Gasteiger partial charge is 0.444 e. The minimum absolute atomic E-state index is 0.0527. The molecular formula is C15H15Cl2N3O. The number of benzene rings is 1. The molecule has 0 radical (unpaired) electrons. The highest BCUT2D eigenvalue weighted by atomic mass is 35.5. The molecule has 0 amide bonds. The molecule has 0 aliphatic carbocycles. The molecule has 1 atom stereocenters. The molecule has 110 valence electrons. The Morgan fingerprint density at radius 2 is 2.19 bits per heavy atom. The Balaban J connectivity index is 2.16. The number of aromatic nitrogens is 3. The monoisotopic (exact) mass is 323 g/mol. The SMILES string of the molecule is Cc1cnc(C(C)n2c(CCCl)nc3cc(Cl)ccc32)o1. The molecule has 0 saturated heterocycles. The third kappa shape index (κ3) is 2.65. The topological polar surface area (TPSA) is 43.9 Å². The van der Waals surface area contributed by atoms with Gasteiger partial charge in [0.25, 0.3) is 0 Å². The Morgan fingerprint density at radius 3 is 2.86 bits per heavy atom. The van der Waals surface area contributed by atoms with Gasteiger partial charge >= 0.3 is 0 Å². The van der Waals surface area contributed by atoms with Crippen LogP contribution in [0.15, 0.2) is 28.8 Å². The van der Waals surface area contributed by atoms with Gasteiger partial charge in [-0.25, -0.2) is 9.97 Å². The summed E-state index contributed by atoms with van der Waals surface area (Å²) in [6.07, 6.45) is 2.40. The number of hydrogen-bond acceptors (Lipinski definition) is 3. The third-order valence-corrected chi connectivity index (χ3v) is 3.85. The van der Waals surface area contributed by atoms with E-state index in [2.05, 4.69) is 14.5 Å². The van der Waals surface area contributed by atoms with Crippen molar-refractivity contribution in [3.05, 3.63) is 46.9 Å². The summed E-state index contributed by atoms with van der Waals surface area (Å²) in [5, 5.41) is 0.671. The fourth-order valence-electron chi connectivity index (χ4n) is 2.49. The zero-order chi connectivity index (χ0) is 15.0. The van der Waals surface area contributed by atoms with Gasteiger partial charge in [-0.3, -0.25) is 0 Å². The number of nitrogens with zero attached hydrogens (tertiary/aromatic N) is 3. The van der Waals surface area contributed by atoms with E-state index in [-0.39, 0.29) is 6.04 Å². The molecule has 1 unspecified atom stereocenters. The van der Waals surface area contributed by atoms with E-state index < -0.39 is 0 Å². The number of halogens is 2. The summed E-state index contributed by atoms with van der Waals surface area (Å²) in [5.41, 5.74) is 1.86. The van der Waals surface area contributed by atoms with Gasteiger partial charge in [-0.05, 0) is 32.0 Å². The molecule has 0 aliphatic rings. The molecule has 0 spiro atoms. The minimum Gasteiger partial charge on any atom is -0.444 e. The molecule has 0 N–H and O–H groups in total. The fourth-order valence-corrected chi connectivity index (χ4v) is 2.83. The summed E-state index contributed by atoms with van der Waals surface area (Å²) in [6, 6.07) is 5.64. The summed E-state index contributed by atoms with van der Waals surface area (Å²) in [7, 11) is 0. The fraction of sp³-hybridized carbons (Fsp3) is 0.333. The van der Waals surface area contributed by atoms with Gasteiger partial charge in [0.2, 0.25) is 5.89 Å². The van der Waals surface area contributed by atoms with Crippen LogP contribution < -0.4 is 0 Å². The van der Waals surface area contributed by atoms with E-state index >= 15 is 0 Å². The maximum atomic E-state index is 6.05. The molecule has 3 rings (SSSR count). The van der Waals surface area contributed by atoms with Crippen molar-refractivity contribution in [2.45, 2.75) is 26.3 Å². The second kappa shape index (κ2) is 5.70. The van der Waals surface area contributed by atoms with Gasteiger partial charge in [0.1, 0.15) is 17.6 Å². The summed E-state index contributed by atoms with van der Waals surface area (Å²) in [6.45, 7) is 3.92. The van der Waals surface area contributed by atoms with Crippen LogP contribution in [0.3, 0.4) is 0 Å². The van der Waals surface area contributed by atoms with E-state index in [0.29, 0.717) is 23.2 Å². The lowest BCUT2D eigenvalue weighted by molar-refractivity contribution is 0.414. The molecule has 21 heavy (non-hydrogen) atoms. The highest BCUT2D eigenvalue weighted by Gasteiger charge is 2.20. The van der Waals surface area contributed by atoms with Crippen molar-refractivity contribution < 1.29 is 4.42 Å². The first kappa shape index (κ1) is 14.4. The van der Waals surface area contributed by atoms with E-state index in [9.17, 15) is 0 Å². The van der Waals surface area contributed by atoms with Gasteiger partial charge in [0.15, 0.2) is 0 Å². The zero-order valence-electron chi connectivity index (χ0n) is 11.8. The second-order valence-electron chi connectivity index (χ2n) is 4.96. The number of fused-ring (bicyclic) bond motifs is 1. The van der Waals surface area contributed by atoms with Crippen LogP contribution >= 0.6 is 23.2 Å². The predicted molar refractivity (Wildman–Crippen MR) is 84.2 cm³/mol. The molecule has 6 heteroatoms. The first-order valence-corrected chi connectivity index (χ1v) is 7.66. The van der Waals surface area contributed by atoms with Crippen molar-refractivity contribution in [2.24, 2.45) is 0 Å². The van der Waals surface area contributed by atoms with E-state index in [0.717, 1.165) is 22.6 Å². The molecular weight excluding hydrogens is 309 g/mol. The van der Waals surface area contributed by atoms with E-state index in [1.807, 2.05) is 32.0 Å². The second-order valence-corrected chi connectivity index (χ2v) is 5.77. The van der Waals surface area contributed by atoms with Crippen LogP contribution in [0.4, 0.5) is 0 Å². The highest BCUT2D eigenvalue weighted by Crippen LogP contribution is 2.28. The summed E-state index contributed by atoms with van der Waals surface area (Å²) in [4.78, 5) is 8.96. The van der Waals surface area contributed by atoms with Gasteiger partial charge < -0.3 is 8.98 Å². The van der Waals surface area contributed by atoms with Crippen molar-refractivity contribution in [2.75, 3.05) is 5.88 Å². The van der Waals surface area contributed by atoms with Gasteiger partial charge in [-0.15, -0.1) is 11.6 Å². The summed E-state index contributed by atoms with van der Waals surface area (Å²) >= 11 is 12.0. The van der Waals surface area contributed by atoms with Crippen molar-refractivity contribution in [1.29, 1.82) is 0 Å². The maximum Gasteiger partial charge on any atom is 0.217 e. The maximum absolute atomic E-state index is 6.05. The normalized spacial score (nSPS) is 13.0. The van der Waals surface area contributed by atoms with Crippen LogP contribution in [-0.2, 0) is 6.42 Å². The number of rotatable bonds is 4. The molecule has 0 aliphatic heterocycles. The van der Waals surface area contributed by atoms with Crippen molar-refractivity contribution in [1.82, 2.24) is 14.5 Å².